The van der Waals surface area contributed by atoms with E-state index in [-0.39, 0.29) is 57.1 Å². The number of hydrogen-bond donors (Lipinski definition) is 0. The monoisotopic (exact) mass is 354 g/mol. The van der Waals surface area contributed by atoms with Crippen LogP contribution in [0.3, 0.4) is 0 Å². The van der Waals surface area contributed by atoms with Crippen LogP contribution in [-0.2, 0) is 9.47 Å². The molecule has 3 aromatic rings. The highest BCUT2D eigenvalue weighted by atomic mass is 16.5. The van der Waals surface area contributed by atoms with Crippen molar-refractivity contribution in [2.45, 2.75) is 27.7 Å². The van der Waals surface area contributed by atoms with Crippen molar-refractivity contribution in [3.63, 3.8) is 0 Å². The van der Waals surface area contributed by atoms with Crippen LogP contribution in [0, 0.1) is 13.8 Å². The fourth-order valence-electron chi connectivity index (χ4n) is 3.36. The minimum absolute atomic E-state index is 0.171. The van der Waals surface area contributed by atoms with Gasteiger partial charge in [-0.3, -0.25) is 9.59 Å². The van der Waals surface area contributed by atoms with Crippen molar-refractivity contribution in [3.05, 3.63) is 54.8 Å². The predicted octanol–water partition coefficient (Wildman–Crippen LogP) is 2.56. The molecule has 3 aromatic carbocycles. The number of carbonyl (C=O) groups is 2. The summed E-state index contributed by atoms with van der Waals surface area (Å²) < 4.78 is 10.1. The van der Waals surface area contributed by atoms with Crippen LogP contribution >= 0.6 is 0 Å². The van der Waals surface area contributed by atoms with E-state index in [1.165, 1.54) is 12.1 Å². The standard InChI is InChI=1S/C20H18O6/c1-5-25-19(23)15-9(3)17(21)13-8-12-14(7-11(13)15)18(22)10(4)16(12)20(24)26-6-2/h7-8H,5-6H2,1-4H3. The van der Waals surface area contributed by atoms with Crippen molar-refractivity contribution in [3.8, 4) is 0 Å². The fraction of sp³-hybridized carbons (Fsp3) is 0.300. The summed E-state index contributed by atoms with van der Waals surface area (Å²) in [7, 11) is 0. The molecule has 0 heterocycles. The summed E-state index contributed by atoms with van der Waals surface area (Å²) in [5.74, 6) is -1.20. The van der Waals surface area contributed by atoms with Crippen molar-refractivity contribution in [2.24, 2.45) is 0 Å². The van der Waals surface area contributed by atoms with Gasteiger partial charge >= 0.3 is 11.9 Å². The van der Waals surface area contributed by atoms with Crippen LogP contribution in [0.4, 0.5) is 0 Å². The molecular weight excluding hydrogens is 336 g/mol. The number of fused-ring (bicyclic) bond motifs is 2. The van der Waals surface area contributed by atoms with Crippen LogP contribution in [0.15, 0.2) is 21.7 Å². The summed E-state index contributed by atoms with van der Waals surface area (Å²) in [6.07, 6.45) is 0. The first-order chi connectivity index (χ1) is 12.3. The van der Waals surface area contributed by atoms with Gasteiger partial charge in [0, 0.05) is 32.7 Å². The summed E-state index contributed by atoms with van der Waals surface area (Å²) in [5, 5.41) is 1.31. The van der Waals surface area contributed by atoms with E-state index in [0.29, 0.717) is 10.8 Å². The zero-order valence-electron chi connectivity index (χ0n) is 15.0. The van der Waals surface area contributed by atoms with Crippen LogP contribution < -0.4 is 10.9 Å². The molecule has 0 saturated heterocycles. The molecule has 0 fully saturated rings. The van der Waals surface area contributed by atoms with Gasteiger partial charge in [0.2, 0.25) is 0 Å². The number of benzene rings is 1. The van der Waals surface area contributed by atoms with Gasteiger partial charge in [-0.05, 0) is 39.8 Å². The average Bonchev–Trinajstić information content (AvgIpc) is 2.99. The minimum atomic E-state index is -0.599. The van der Waals surface area contributed by atoms with Gasteiger partial charge in [0.25, 0.3) is 0 Å². The Morgan fingerprint density at radius 1 is 0.731 bits per heavy atom. The molecule has 0 amide bonds. The fourth-order valence-corrected chi connectivity index (χ4v) is 3.36. The quantitative estimate of drug-likeness (QED) is 0.669. The van der Waals surface area contributed by atoms with Gasteiger partial charge in [-0.2, -0.15) is 0 Å². The van der Waals surface area contributed by atoms with Crippen molar-refractivity contribution >= 4 is 33.5 Å². The van der Waals surface area contributed by atoms with E-state index in [9.17, 15) is 19.2 Å². The third-order valence-electron chi connectivity index (χ3n) is 4.58. The lowest BCUT2D eigenvalue weighted by atomic mass is 10.1. The van der Waals surface area contributed by atoms with E-state index in [0.717, 1.165) is 0 Å². The Morgan fingerprint density at radius 3 is 1.38 bits per heavy atom. The van der Waals surface area contributed by atoms with Gasteiger partial charge in [-0.25, -0.2) is 9.59 Å². The van der Waals surface area contributed by atoms with Crippen LogP contribution in [0.5, 0.6) is 0 Å². The molecule has 0 unspecified atom stereocenters. The van der Waals surface area contributed by atoms with Gasteiger partial charge < -0.3 is 9.47 Å². The van der Waals surface area contributed by atoms with Gasteiger partial charge in [-0.15, -0.1) is 0 Å². The Morgan fingerprint density at radius 2 is 1.08 bits per heavy atom. The number of hydrogen-bond acceptors (Lipinski definition) is 6. The van der Waals surface area contributed by atoms with E-state index in [4.69, 9.17) is 9.47 Å². The van der Waals surface area contributed by atoms with Gasteiger partial charge in [0.05, 0.1) is 24.3 Å². The van der Waals surface area contributed by atoms with Crippen molar-refractivity contribution in [1.29, 1.82) is 0 Å². The first kappa shape index (κ1) is 17.8. The summed E-state index contributed by atoms with van der Waals surface area (Å²) >= 11 is 0. The maximum Gasteiger partial charge on any atom is 0.339 e. The van der Waals surface area contributed by atoms with Crippen molar-refractivity contribution in [2.75, 3.05) is 13.2 Å². The summed E-state index contributed by atoms with van der Waals surface area (Å²) in [5.41, 5.74) is 0.257. The molecular formula is C20H18O6. The third kappa shape index (κ3) is 2.41. The smallest absolute Gasteiger partial charge is 0.339 e. The lowest BCUT2D eigenvalue weighted by molar-refractivity contribution is 0.0518. The van der Waals surface area contributed by atoms with Crippen LogP contribution in [0.25, 0.3) is 21.5 Å². The van der Waals surface area contributed by atoms with E-state index in [1.54, 1.807) is 27.7 Å². The maximum absolute atomic E-state index is 12.6. The van der Waals surface area contributed by atoms with E-state index in [2.05, 4.69) is 0 Å². The topological polar surface area (TPSA) is 86.7 Å². The molecule has 6 nitrogen and oxygen atoms in total. The lowest BCUT2D eigenvalue weighted by Gasteiger charge is -2.03. The molecule has 134 valence electrons. The van der Waals surface area contributed by atoms with Crippen LogP contribution in [-0.4, -0.2) is 25.2 Å². The van der Waals surface area contributed by atoms with Crippen LogP contribution in [0.2, 0.25) is 0 Å². The second kappa shape index (κ2) is 6.37. The lowest BCUT2D eigenvalue weighted by Crippen LogP contribution is -2.08. The molecule has 6 heteroatoms. The highest BCUT2D eigenvalue weighted by Crippen LogP contribution is 2.30. The van der Waals surface area contributed by atoms with Gasteiger partial charge in [0.15, 0.2) is 10.9 Å². The molecule has 0 aromatic heterocycles. The van der Waals surface area contributed by atoms with Crippen molar-refractivity contribution < 1.29 is 19.1 Å². The highest BCUT2D eigenvalue weighted by molar-refractivity contribution is 6.16. The SMILES string of the molecule is CCOC(=O)c1c(C)c(=O)c2cc3c(C(=O)OCC)c(C)c(=O)c3cc12. The number of esters is 2. The molecule has 0 aliphatic carbocycles. The molecule has 0 saturated carbocycles. The Balaban J connectivity index is 2.42. The second-order valence-electron chi connectivity index (χ2n) is 6.04. The zero-order valence-corrected chi connectivity index (χ0v) is 15.0. The molecule has 0 atom stereocenters. The molecule has 0 bridgehead atoms. The molecule has 0 aliphatic heterocycles. The predicted molar refractivity (Wildman–Crippen MR) is 97.8 cm³/mol. The molecule has 0 spiro atoms. The normalized spacial score (nSPS) is 11.2. The highest BCUT2D eigenvalue weighted by Gasteiger charge is 2.26. The molecule has 0 N–H and O–H groups in total. The largest absolute Gasteiger partial charge is 0.462 e. The zero-order chi connectivity index (χ0) is 19.2. The number of ether oxygens (including phenoxy) is 2. The number of rotatable bonds is 4. The average molecular weight is 354 g/mol. The Bertz CT molecular complexity index is 1050. The van der Waals surface area contributed by atoms with Crippen molar-refractivity contribution in [1.82, 2.24) is 0 Å². The molecule has 0 radical (unpaired) electrons. The van der Waals surface area contributed by atoms with E-state index < -0.39 is 11.9 Å². The van der Waals surface area contributed by atoms with Gasteiger partial charge in [0.1, 0.15) is 0 Å². The minimum Gasteiger partial charge on any atom is -0.462 e. The first-order valence-corrected chi connectivity index (χ1v) is 8.37. The number of carbonyl (C=O) groups excluding carboxylic acids is 2. The molecule has 3 rings (SSSR count). The first-order valence-electron chi connectivity index (χ1n) is 8.37. The Hall–Kier alpha value is -3.02. The second-order valence-corrected chi connectivity index (χ2v) is 6.04. The van der Waals surface area contributed by atoms with Gasteiger partial charge in [-0.1, -0.05) is 0 Å². The van der Waals surface area contributed by atoms with E-state index >= 15 is 0 Å². The summed E-state index contributed by atoms with van der Waals surface area (Å²) in [6, 6.07) is 3.01. The van der Waals surface area contributed by atoms with E-state index in [1.807, 2.05) is 0 Å². The maximum atomic E-state index is 12.6. The molecule has 26 heavy (non-hydrogen) atoms. The Kier molecular flexibility index (Phi) is 4.36. The Labute approximate surface area is 149 Å². The summed E-state index contributed by atoms with van der Waals surface area (Å²) in [4.78, 5) is 49.7. The third-order valence-corrected chi connectivity index (χ3v) is 4.58. The summed E-state index contributed by atoms with van der Waals surface area (Å²) in [6.45, 7) is 6.81. The molecule has 0 aliphatic rings. The van der Waals surface area contributed by atoms with Crippen LogP contribution in [0.1, 0.15) is 45.7 Å².